The van der Waals surface area contributed by atoms with Gasteiger partial charge in [-0.2, -0.15) is 13.2 Å². The zero-order chi connectivity index (χ0) is 28.8. The van der Waals surface area contributed by atoms with Gasteiger partial charge in [0.15, 0.2) is 0 Å². The van der Waals surface area contributed by atoms with E-state index in [-0.39, 0.29) is 28.6 Å². The largest absolute Gasteiger partial charge is 0.494 e. The molecule has 12 heteroatoms. The summed E-state index contributed by atoms with van der Waals surface area (Å²) in [7, 11) is 0. The number of carbonyl (C=O) groups is 1. The van der Waals surface area contributed by atoms with Crippen LogP contribution in [0.2, 0.25) is 0 Å². The molecule has 8 nitrogen and oxygen atoms in total. The number of ether oxygens (including phenoxy) is 2. The number of amides is 1. The van der Waals surface area contributed by atoms with E-state index < -0.39 is 17.6 Å². The Morgan fingerprint density at radius 1 is 1.05 bits per heavy atom. The van der Waals surface area contributed by atoms with Crippen LogP contribution in [-0.4, -0.2) is 45.9 Å². The van der Waals surface area contributed by atoms with Gasteiger partial charge < -0.3 is 19.8 Å². The Kier molecular flexibility index (Phi) is 8.58. The summed E-state index contributed by atoms with van der Waals surface area (Å²) in [4.78, 5) is 19.6. The van der Waals surface area contributed by atoms with Crippen LogP contribution in [0.3, 0.4) is 0 Å². The Balaban J connectivity index is 1.29. The maximum Gasteiger partial charge on any atom is 0.417 e. The lowest BCUT2D eigenvalue weighted by Gasteiger charge is -2.22. The number of aromatic nitrogens is 4. The second kappa shape index (κ2) is 12.5. The van der Waals surface area contributed by atoms with E-state index in [2.05, 4.69) is 25.5 Å². The lowest BCUT2D eigenvalue weighted by Crippen LogP contribution is -2.17. The summed E-state index contributed by atoms with van der Waals surface area (Å²) in [5.74, 6) is 0.0485. The zero-order valence-corrected chi connectivity index (χ0v) is 21.9. The van der Waals surface area contributed by atoms with E-state index >= 15 is 0 Å². The molecule has 5 rings (SSSR count). The van der Waals surface area contributed by atoms with Gasteiger partial charge in [-0.3, -0.25) is 4.79 Å². The molecule has 2 aromatic carbocycles. The molecule has 2 N–H and O–H groups in total. The molecule has 0 atom stereocenters. The van der Waals surface area contributed by atoms with Crippen molar-refractivity contribution >= 4 is 11.7 Å². The highest BCUT2D eigenvalue weighted by molar-refractivity contribution is 6.01. The first-order valence-electron chi connectivity index (χ1n) is 13.1. The standard InChI is InChI=1S/C29H27F4N5O3/c30-21-3-1-19(2-4-21)15-26-35-27(38-37-26)28(39)36-25-16-20(7-11-34-25)23-17-22(5-6-24(23)29(31,32)33)41-14-10-18-8-12-40-13-9-18/h1-7,11,16-18H,8-10,12-15H2,(H,34,36,39)(H,35,37,38). The molecule has 1 aliphatic rings. The first-order valence-corrected chi connectivity index (χ1v) is 13.1. The van der Waals surface area contributed by atoms with E-state index in [1.54, 1.807) is 12.1 Å². The smallest absolute Gasteiger partial charge is 0.417 e. The number of hydrogen-bond acceptors (Lipinski definition) is 6. The number of alkyl halides is 3. The quantitative estimate of drug-likeness (QED) is 0.238. The van der Waals surface area contributed by atoms with Crippen molar-refractivity contribution < 1.29 is 31.8 Å². The minimum atomic E-state index is -4.61. The van der Waals surface area contributed by atoms with Gasteiger partial charge in [-0.1, -0.05) is 12.1 Å². The second-order valence-corrected chi connectivity index (χ2v) is 9.71. The Morgan fingerprint density at radius 3 is 2.59 bits per heavy atom. The molecule has 0 saturated carbocycles. The average Bonchev–Trinajstić information content (AvgIpc) is 3.43. The van der Waals surface area contributed by atoms with Crippen molar-refractivity contribution in [3.8, 4) is 16.9 Å². The predicted molar refractivity (Wildman–Crippen MR) is 142 cm³/mol. The summed E-state index contributed by atoms with van der Waals surface area (Å²) in [6.07, 6.45) is -0.332. The van der Waals surface area contributed by atoms with E-state index in [0.29, 0.717) is 43.7 Å². The lowest BCUT2D eigenvalue weighted by molar-refractivity contribution is -0.137. The van der Waals surface area contributed by atoms with Crippen molar-refractivity contribution in [3.05, 3.63) is 89.4 Å². The average molecular weight is 570 g/mol. The maximum atomic E-state index is 13.9. The number of carbonyl (C=O) groups excluding carboxylic acids is 1. The Labute approximate surface area is 233 Å². The number of halogens is 4. The molecule has 41 heavy (non-hydrogen) atoms. The van der Waals surface area contributed by atoms with E-state index in [1.807, 2.05) is 0 Å². The second-order valence-electron chi connectivity index (χ2n) is 9.71. The van der Waals surface area contributed by atoms with Gasteiger partial charge in [-0.15, -0.1) is 10.2 Å². The van der Waals surface area contributed by atoms with Crippen molar-refractivity contribution in [3.63, 3.8) is 0 Å². The fourth-order valence-electron chi connectivity index (χ4n) is 4.59. The summed E-state index contributed by atoms with van der Waals surface area (Å²) in [6, 6.07) is 12.3. The van der Waals surface area contributed by atoms with E-state index in [4.69, 9.17) is 9.47 Å². The van der Waals surface area contributed by atoms with E-state index in [9.17, 15) is 22.4 Å². The van der Waals surface area contributed by atoms with Gasteiger partial charge in [0.25, 0.3) is 5.91 Å². The van der Waals surface area contributed by atoms with Gasteiger partial charge in [0.05, 0.1) is 12.2 Å². The molecule has 2 aromatic heterocycles. The Hall–Kier alpha value is -4.32. The van der Waals surface area contributed by atoms with Crippen LogP contribution in [0, 0.1) is 11.7 Å². The van der Waals surface area contributed by atoms with Crippen molar-refractivity contribution in [2.75, 3.05) is 25.1 Å². The first kappa shape index (κ1) is 28.2. The molecule has 0 bridgehead atoms. The van der Waals surface area contributed by atoms with E-state index in [1.165, 1.54) is 42.6 Å². The summed E-state index contributed by atoms with van der Waals surface area (Å²) in [6.45, 7) is 1.81. The fourth-order valence-corrected chi connectivity index (χ4v) is 4.59. The van der Waals surface area contributed by atoms with Gasteiger partial charge in [-0.05, 0) is 84.3 Å². The number of H-pyrrole nitrogens is 1. The molecule has 214 valence electrons. The molecule has 0 spiro atoms. The third kappa shape index (κ3) is 7.46. The predicted octanol–water partition coefficient (Wildman–Crippen LogP) is 6.06. The highest BCUT2D eigenvalue weighted by Gasteiger charge is 2.34. The van der Waals surface area contributed by atoms with Gasteiger partial charge in [0.2, 0.25) is 5.82 Å². The van der Waals surface area contributed by atoms with Gasteiger partial charge >= 0.3 is 6.18 Å². The lowest BCUT2D eigenvalue weighted by atomic mass is 9.97. The number of aromatic amines is 1. The topological polar surface area (TPSA) is 102 Å². The molecular weight excluding hydrogens is 542 g/mol. The minimum Gasteiger partial charge on any atom is -0.494 e. The number of pyridine rings is 1. The van der Waals surface area contributed by atoms with Crippen LogP contribution < -0.4 is 10.1 Å². The number of nitrogens with zero attached hydrogens (tertiary/aromatic N) is 3. The molecule has 1 fully saturated rings. The molecule has 0 radical (unpaired) electrons. The third-order valence-corrected chi connectivity index (χ3v) is 6.78. The van der Waals surface area contributed by atoms with Crippen LogP contribution in [-0.2, 0) is 17.3 Å². The molecule has 1 saturated heterocycles. The van der Waals surface area contributed by atoms with Crippen LogP contribution in [0.15, 0.2) is 60.8 Å². The van der Waals surface area contributed by atoms with Crippen LogP contribution in [0.25, 0.3) is 11.1 Å². The molecular formula is C29H27F4N5O3. The molecule has 3 heterocycles. The van der Waals surface area contributed by atoms with Crippen molar-refractivity contribution in [1.29, 1.82) is 0 Å². The van der Waals surface area contributed by atoms with Gasteiger partial charge in [0.1, 0.15) is 23.2 Å². The van der Waals surface area contributed by atoms with E-state index in [0.717, 1.165) is 30.9 Å². The first-order chi connectivity index (χ1) is 19.7. The number of rotatable bonds is 9. The van der Waals surface area contributed by atoms with Crippen LogP contribution in [0.4, 0.5) is 23.4 Å². The highest BCUT2D eigenvalue weighted by atomic mass is 19.4. The summed E-state index contributed by atoms with van der Waals surface area (Å²) in [5.41, 5.74) is 0.0323. The van der Waals surface area contributed by atoms with Crippen molar-refractivity contribution in [2.45, 2.75) is 31.9 Å². The summed E-state index contributed by atoms with van der Waals surface area (Å²) < 4.78 is 66.0. The zero-order valence-electron chi connectivity index (χ0n) is 21.9. The SMILES string of the molecule is O=C(Nc1cc(-c2cc(OCCC3CCOCC3)ccc2C(F)(F)F)ccn1)c1nnc(Cc2ccc(F)cc2)[nH]1. The molecule has 0 unspecified atom stereocenters. The maximum absolute atomic E-state index is 13.9. The number of nitrogens with one attached hydrogen (secondary N) is 2. The summed E-state index contributed by atoms with van der Waals surface area (Å²) in [5, 5.41) is 10.3. The molecule has 4 aromatic rings. The van der Waals surface area contributed by atoms with Crippen molar-refractivity contribution in [2.24, 2.45) is 5.92 Å². The molecule has 0 aliphatic carbocycles. The Bertz CT molecular complexity index is 1480. The molecule has 1 aliphatic heterocycles. The number of anilines is 1. The number of hydrogen-bond donors (Lipinski definition) is 2. The molecule has 1 amide bonds. The third-order valence-electron chi connectivity index (χ3n) is 6.78. The normalized spacial score (nSPS) is 14.1. The van der Waals surface area contributed by atoms with Crippen LogP contribution in [0.1, 0.15) is 46.8 Å². The van der Waals surface area contributed by atoms with Crippen molar-refractivity contribution in [1.82, 2.24) is 20.2 Å². The monoisotopic (exact) mass is 569 g/mol. The van der Waals surface area contributed by atoms with Gasteiger partial charge in [-0.25, -0.2) is 9.37 Å². The van der Waals surface area contributed by atoms with Crippen LogP contribution in [0.5, 0.6) is 5.75 Å². The van der Waals surface area contributed by atoms with Gasteiger partial charge in [0, 0.05) is 25.8 Å². The summed E-state index contributed by atoms with van der Waals surface area (Å²) >= 11 is 0. The number of benzene rings is 2. The minimum absolute atomic E-state index is 0.0305. The fraction of sp³-hybridized carbons (Fsp3) is 0.310. The highest BCUT2D eigenvalue weighted by Crippen LogP contribution is 2.39. The van der Waals surface area contributed by atoms with Crippen LogP contribution >= 0.6 is 0 Å². The Morgan fingerprint density at radius 2 is 1.83 bits per heavy atom.